The summed E-state index contributed by atoms with van der Waals surface area (Å²) in [5.74, 6) is 0.790. The fourth-order valence-corrected chi connectivity index (χ4v) is 2.25. The molecule has 0 saturated carbocycles. The first kappa shape index (κ1) is 13.8. The van der Waals surface area contributed by atoms with Gasteiger partial charge in [-0.05, 0) is 43.7 Å². The molecule has 0 aromatic carbocycles. The molecule has 0 atom stereocenters. The molecule has 1 aromatic heterocycles. The highest BCUT2D eigenvalue weighted by atomic mass is 16.5. The molecule has 1 heterocycles. The molecule has 1 aliphatic carbocycles. The van der Waals surface area contributed by atoms with Crippen LogP contribution in [-0.4, -0.2) is 17.4 Å². The van der Waals surface area contributed by atoms with E-state index >= 15 is 0 Å². The van der Waals surface area contributed by atoms with Crippen molar-refractivity contribution in [2.75, 3.05) is 6.61 Å². The normalized spacial score (nSPS) is 15.5. The smallest absolute Gasteiger partial charge is 0.190 e. The summed E-state index contributed by atoms with van der Waals surface area (Å²) in [7, 11) is 0. The number of Topliss-reactive ketones (excluding diaryl/α,β-unsaturated/α-hetero) is 1. The Morgan fingerprint density at radius 1 is 1.32 bits per heavy atom. The van der Waals surface area contributed by atoms with Gasteiger partial charge in [0.15, 0.2) is 5.78 Å². The minimum absolute atomic E-state index is 0.108. The maximum absolute atomic E-state index is 12.4. The number of carbonyl (C=O) groups excluding carboxylic acids is 1. The average Bonchev–Trinajstić information content (AvgIpc) is 2.73. The molecular formula is C16H21NO2. The van der Waals surface area contributed by atoms with Gasteiger partial charge in [-0.1, -0.05) is 19.4 Å². The fourth-order valence-electron chi connectivity index (χ4n) is 2.25. The van der Waals surface area contributed by atoms with Crippen LogP contribution < -0.4 is 4.74 Å². The van der Waals surface area contributed by atoms with Crippen molar-refractivity contribution in [3.8, 4) is 5.75 Å². The SMILES string of the molecule is CCCOc1cncc(C(=O)C2=CCCCCC2)c1. The van der Waals surface area contributed by atoms with E-state index in [-0.39, 0.29) is 5.78 Å². The Balaban J connectivity index is 2.11. The molecule has 19 heavy (non-hydrogen) atoms. The monoisotopic (exact) mass is 259 g/mol. The summed E-state index contributed by atoms with van der Waals surface area (Å²) in [6.45, 7) is 2.71. The molecule has 0 bridgehead atoms. The number of ether oxygens (including phenoxy) is 1. The lowest BCUT2D eigenvalue weighted by Crippen LogP contribution is -2.05. The molecule has 0 N–H and O–H groups in total. The molecule has 0 amide bonds. The Morgan fingerprint density at radius 3 is 3.05 bits per heavy atom. The third-order valence-corrected chi connectivity index (χ3v) is 3.28. The third kappa shape index (κ3) is 3.91. The van der Waals surface area contributed by atoms with Crippen LogP contribution in [0.2, 0.25) is 0 Å². The average molecular weight is 259 g/mol. The van der Waals surface area contributed by atoms with E-state index < -0.39 is 0 Å². The highest BCUT2D eigenvalue weighted by Crippen LogP contribution is 2.22. The lowest BCUT2D eigenvalue weighted by molar-refractivity contribution is 0.102. The zero-order valence-electron chi connectivity index (χ0n) is 11.5. The Morgan fingerprint density at radius 2 is 2.21 bits per heavy atom. The van der Waals surface area contributed by atoms with E-state index in [1.54, 1.807) is 18.5 Å². The van der Waals surface area contributed by atoms with Crippen molar-refractivity contribution in [3.63, 3.8) is 0 Å². The van der Waals surface area contributed by atoms with Gasteiger partial charge in [-0.2, -0.15) is 0 Å². The first-order chi connectivity index (χ1) is 9.31. The number of carbonyl (C=O) groups is 1. The highest BCUT2D eigenvalue weighted by Gasteiger charge is 2.14. The second-order valence-corrected chi connectivity index (χ2v) is 4.92. The quantitative estimate of drug-likeness (QED) is 0.752. The Kier molecular flexibility index (Phi) is 5.13. The van der Waals surface area contributed by atoms with Gasteiger partial charge in [0.25, 0.3) is 0 Å². The highest BCUT2D eigenvalue weighted by molar-refractivity contribution is 6.08. The van der Waals surface area contributed by atoms with E-state index in [1.807, 2.05) is 0 Å². The molecule has 2 rings (SSSR count). The molecule has 102 valence electrons. The van der Waals surface area contributed by atoms with Gasteiger partial charge in [0.1, 0.15) is 5.75 Å². The second kappa shape index (κ2) is 7.07. The van der Waals surface area contributed by atoms with Crippen LogP contribution >= 0.6 is 0 Å². The molecule has 0 spiro atoms. The molecular weight excluding hydrogens is 238 g/mol. The maximum Gasteiger partial charge on any atom is 0.190 e. The predicted molar refractivity (Wildman–Crippen MR) is 75.5 cm³/mol. The number of nitrogens with zero attached hydrogens (tertiary/aromatic N) is 1. The van der Waals surface area contributed by atoms with Crippen molar-refractivity contribution < 1.29 is 9.53 Å². The Hall–Kier alpha value is -1.64. The number of pyridine rings is 1. The largest absolute Gasteiger partial charge is 0.492 e. The number of rotatable bonds is 5. The van der Waals surface area contributed by atoms with E-state index in [9.17, 15) is 4.79 Å². The van der Waals surface area contributed by atoms with Gasteiger partial charge < -0.3 is 4.74 Å². The van der Waals surface area contributed by atoms with Crippen LogP contribution in [0.15, 0.2) is 30.1 Å². The van der Waals surface area contributed by atoms with Crippen LogP contribution in [0, 0.1) is 0 Å². The summed E-state index contributed by atoms with van der Waals surface area (Å²) in [4.78, 5) is 16.5. The van der Waals surface area contributed by atoms with Crippen molar-refractivity contribution in [3.05, 3.63) is 35.7 Å². The molecule has 0 aliphatic heterocycles. The van der Waals surface area contributed by atoms with Crippen LogP contribution in [0.4, 0.5) is 0 Å². The molecule has 1 aliphatic rings. The maximum atomic E-state index is 12.4. The van der Waals surface area contributed by atoms with E-state index in [2.05, 4.69) is 18.0 Å². The summed E-state index contributed by atoms with van der Waals surface area (Å²) in [6, 6.07) is 1.80. The number of hydrogen-bond acceptors (Lipinski definition) is 3. The van der Waals surface area contributed by atoms with E-state index in [0.29, 0.717) is 17.9 Å². The number of aromatic nitrogens is 1. The summed E-state index contributed by atoms with van der Waals surface area (Å²) in [5.41, 5.74) is 1.58. The van der Waals surface area contributed by atoms with E-state index in [1.165, 1.54) is 12.8 Å². The topological polar surface area (TPSA) is 39.2 Å². The van der Waals surface area contributed by atoms with E-state index in [4.69, 9.17) is 4.74 Å². The summed E-state index contributed by atoms with van der Waals surface area (Å²) in [6.07, 6.45) is 11.7. The summed E-state index contributed by atoms with van der Waals surface area (Å²) in [5, 5.41) is 0. The Labute approximate surface area is 114 Å². The Bertz CT molecular complexity index is 466. The van der Waals surface area contributed by atoms with Gasteiger partial charge in [-0.25, -0.2) is 0 Å². The second-order valence-electron chi connectivity index (χ2n) is 4.92. The molecule has 3 nitrogen and oxygen atoms in total. The van der Waals surface area contributed by atoms with Gasteiger partial charge in [0.2, 0.25) is 0 Å². The first-order valence-electron chi connectivity index (χ1n) is 7.13. The zero-order chi connectivity index (χ0) is 13.5. The van der Waals surface area contributed by atoms with Crippen LogP contribution in [-0.2, 0) is 0 Å². The molecule has 1 aromatic rings. The van der Waals surface area contributed by atoms with Crippen LogP contribution in [0.1, 0.15) is 55.8 Å². The molecule has 0 radical (unpaired) electrons. The van der Waals surface area contributed by atoms with Gasteiger partial charge in [-0.3, -0.25) is 9.78 Å². The van der Waals surface area contributed by atoms with Crippen LogP contribution in [0.5, 0.6) is 5.75 Å². The van der Waals surface area contributed by atoms with Crippen molar-refractivity contribution in [2.24, 2.45) is 0 Å². The van der Waals surface area contributed by atoms with Crippen molar-refractivity contribution in [2.45, 2.75) is 45.4 Å². The van der Waals surface area contributed by atoms with Crippen LogP contribution in [0.25, 0.3) is 0 Å². The van der Waals surface area contributed by atoms with Crippen molar-refractivity contribution in [1.29, 1.82) is 0 Å². The molecule has 0 fully saturated rings. The van der Waals surface area contributed by atoms with E-state index in [0.717, 1.165) is 31.3 Å². The van der Waals surface area contributed by atoms with Crippen molar-refractivity contribution >= 4 is 5.78 Å². The van der Waals surface area contributed by atoms with Crippen LogP contribution in [0.3, 0.4) is 0 Å². The third-order valence-electron chi connectivity index (χ3n) is 3.28. The summed E-state index contributed by atoms with van der Waals surface area (Å²) >= 11 is 0. The molecule has 3 heteroatoms. The van der Waals surface area contributed by atoms with Gasteiger partial charge in [-0.15, -0.1) is 0 Å². The minimum atomic E-state index is 0.108. The summed E-state index contributed by atoms with van der Waals surface area (Å²) < 4.78 is 5.52. The molecule has 0 unspecified atom stereocenters. The minimum Gasteiger partial charge on any atom is -0.492 e. The predicted octanol–water partition coefficient (Wildman–Crippen LogP) is 3.94. The molecule has 0 saturated heterocycles. The lowest BCUT2D eigenvalue weighted by Gasteiger charge is -2.07. The number of hydrogen-bond donors (Lipinski definition) is 0. The van der Waals surface area contributed by atoms with Gasteiger partial charge in [0, 0.05) is 11.8 Å². The lowest BCUT2D eigenvalue weighted by atomic mass is 10.0. The van der Waals surface area contributed by atoms with Gasteiger partial charge >= 0.3 is 0 Å². The fraction of sp³-hybridized carbons (Fsp3) is 0.500. The standard InChI is InChI=1S/C16H21NO2/c1-2-9-19-15-10-14(11-17-12-15)16(18)13-7-5-3-4-6-8-13/h7,10-12H,2-6,8-9H2,1H3. The van der Waals surface area contributed by atoms with Gasteiger partial charge in [0.05, 0.1) is 12.8 Å². The first-order valence-corrected chi connectivity index (χ1v) is 7.13. The van der Waals surface area contributed by atoms with Crippen molar-refractivity contribution in [1.82, 2.24) is 4.98 Å². The zero-order valence-corrected chi connectivity index (χ0v) is 11.5. The number of allylic oxidation sites excluding steroid dienone is 2. The number of ketones is 1.